The molecule has 0 saturated carbocycles. The largest absolute Gasteiger partial charge is 0.496 e. The second-order valence-electron chi connectivity index (χ2n) is 4.99. The van der Waals surface area contributed by atoms with Crippen molar-refractivity contribution in [2.24, 2.45) is 0 Å². The molecule has 0 fully saturated rings. The zero-order chi connectivity index (χ0) is 17.1. The van der Waals surface area contributed by atoms with Crippen molar-refractivity contribution in [3.63, 3.8) is 0 Å². The number of methoxy groups -OCH3 is 2. The van der Waals surface area contributed by atoms with Crippen molar-refractivity contribution in [1.29, 1.82) is 0 Å². The van der Waals surface area contributed by atoms with Crippen molar-refractivity contribution in [2.75, 3.05) is 14.2 Å². The van der Waals surface area contributed by atoms with Crippen LogP contribution in [0.25, 0.3) is 0 Å². The third-order valence-electron chi connectivity index (χ3n) is 3.63. The van der Waals surface area contributed by atoms with Gasteiger partial charge in [-0.1, -0.05) is 18.2 Å². The lowest BCUT2D eigenvalue weighted by Gasteiger charge is -2.36. The second kappa shape index (κ2) is 6.51. The molecule has 0 aromatic heterocycles. The van der Waals surface area contributed by atoms with Gasteiger partial charge in [0.05, 0.1) is 19.8 Å². The van der Waals surface area contributed by atoms with Gasteiger partial charge in [0.1, 0.15) is 11.8 Å². The fourth-order valence-electron chi connectivity index (χ4n) is 2.63. The third-order valence-corrected chi connectivity index (χ3v) is 3.63. The molecule has 7 heteroatoms. The van der Waals surface area contributed by atoms with Crippen LogP contribution in [0.2, 0.25) is 0 Å². The topological polar surface area (TPSA) is 84.9 Å². The van der Waals surface area contributed by atoms with Crippen LogP contribution in [-0.2, 0) is 14.3 Å². The summed E-state index contributed by atoms with van der Waals surface area (Å²) in [4.78, 5) is 37.5. The average Bonchev–Trinajstić information content (AvgIpc) is 2.52. The van der Waals surface area contributed by atoms with Gasteiger partial charge in [-0.25, -0.2) is 9.59 Å². The molecule has 1 N–H and O–H groups in total. The molecule has 0 saturated heterocycles. The molecule has 0 radical (unpaired) electrons. The predicted octanol–water partition coefficient (Wildman–Crippen LogP) is 1.76. The number of rotatable bonds is 3. The molecule has 1 atom stereocenters. The summed E-state index contributed by atoms with van der Waals surface area (Å²) in [6.07, 6.45) is 0. The number of nitrogens with zero attached hydrogens (tertiary/aromatic N) is 1. The Labute approximate surface area is 133 Å². The maximum absolute atomic E-state index is 12.3. The van der Waals surface area contributed by atoms with Crippen molar-refractivity contribution in [3.05, 3.63) is 41.1 Å². The summed E-state index contributed by atoms with van der Waals surface area (Å²) >= 11 is 0. The second-order valence-corrected chi connectivity index (χ2v) is 4.99. The maximum Gasteiger partial charge on any atom is 0.337 e. The summed E-state index contributed by atoms with van der Waals surface area (Å²) in [7, 11) is 2.73. The molecule has 0 spiro atoms. The molecule has 122 valence electrons. The lowest BCUT2D eigenvalue weighted by molar-refractivity contribution is -0.137. The maximum atomic E-state index is 12.3. The number of benzene rings is 1. The van der Waals surface area contributed by atoms with Gasteiger partial charge in [0, 0.05) is 18.2 Å². The number of carbonyl (C=O) groups excluding carboxylic acids is 3. The number of carbonyl (C=O) groups is 3. The summed E-state index contributed by atoms with van der Waals surface area (Å²) in [5, 5.41) is 2.52. The standard InChI is InChI=1S/C16H18N2O5/c1-9-13(15(20)23-4)14(18(10(2)19)16(21)17-9)11-7-5-6-8-12(11)22-3/h5-8,14H,1-4H3,(H,17,21). The lowest BCUT2D eigenvalue weighted by atomic mass is 9.93. The molecule has 0 bridgehead atoms. The smallest absolute Gasteiger partial charge is 0.337 e. The Morgan fingerprint density at radius 1 is 1.22 bits per heavy atom. The molecule has 1 aliphatic rings. The van der Waals surface area contributed by atoms with E-state index in [1.807, 2.05) is 0 Å². The van der Waals surface area contributed by atoms with Gasteiger partial charge in [-0.15, -0.1) is 0 Å². The van der Waals surface area contributed by atoms with E-state index in [1.54, 1.807) is 31.2 Å². The van der Waals surface area contributed by atoms with Gasteiger partial charge in [-0.3, -0.25) is 9.69 Å². The highest BCUT2D eigenvalue weighted by Gasteiger charge is 2.41. The number of imide groups is 1. The van der Waals surface area contributed by atoms with Crippen molar-refractivity contribution < 1.29 is 23.9 Å². The van der Waals surface area contributed by atoms with Crippen LogP contribution in [0.1, 0.15) is 25.5 Å². The Morgan fingerprint density at radius 2 is 1.87 bits per heavy atom. The quantitative estimate of drug-likeness (QED) is 0.858. The highest BCUT2D eigenvalue weighted by molar-refractivity contribution is 6.01. The van der Waals surface area contributed by atoms with Gasteiger partial charge in [-0.2, -0.15) is 0 Å². The van der Waals surface area contributed by atoms with E-state index in [4.69, 9.17) is 9.47 Å². The lowest BCUT2D eigenvalue weighted by Crippen LogP contribution is -2.50. The summed E-state index contributed by atoms with van der Waals surface area (Å²) in [6, 6.07) is 5.40. The molecule has 3 amide bonds. The van der Waals surface area contributed by atoms with Gasteiger partial charge in [0.25, 0.3) is 0 Å². The number of amides is 3. The van der Waals surface area contributed by atoms with Crippen LogP contribution >= 0.6 is 0 Å². The molecule has 1 aliphatic heterocycles. The van der Waals surface area contributed by atoms with Gasteiger partial charge in [-0.05, 0) is 13.0 Å². The van der Waals surface area contributed by atoms with E-state index in [2.05, 4.69) is 5.32 Å². The van der Waals surface area contributed by atoms with Crippen LogP contribution in [-0.4, -0.2) is 37.0 Å². The molecule has 2 rings (SSSR count). The van der Waals surface area contributed by atoms with Crippen LogP contribution in [0.5, 0.6) is 5.75 Å². The first-order valence-corrected chi connectivity index (χ1v) is 6.95. The molecule has 1 heterocycles. The Bertz CT molecular complexity index is 695. The van der Waals surface area contributed by atoms with Crippen molar-refractivity contribution in [2.45, 2.75) is 19.9 Å². The van der Waals surface area contributed by atoms with Crippen molar-refractivity contribution >= 4 is 17.9 Å². The number of urea groups is 1. The highest BCUT2D eigenvalue weighted by Crippen LogP contribution is 2.38. The number of esters is 1. The predicted molar refractivity (Wildman–Crippen MR) is 81.5 cm³/mol. The summed E-state index contributed by atoms with van der Waals surface area (Å²) in [6.45, 7) is 2.85. The Morgan fingerprint density at radius 3 is 2.43 bits per heavy atom. The molecule has 0 aliphatic carbocycles. The third kappa shape index (κ3) is 2.90. The minimum atomic E-state index is -0.912. The highest BCUT2D eigenvalue weighted by atomic mass is 16.5. The zero-order valence-corrected chi connectivity index (χ0v) is 13.4. The van der Waals surface area contributed by atoms with E-state index in [-0.39, 0.29) is 5.57 Å². The molecule has 1 unspecified atom stereocenters. The van der Waals surface area contributed by atoms with Crippen molar-refractivity contribution in [1.82, 2.24) is 10.2 Å². The van der Waals surface area contributed by atoms with Crippen LogP contribution in [0.15, 0.2) is 35.5 Å². The Kier molecular flexibility index (Phi) is 4.68. The van der Waals surface area contributed by atoms with Gasteiger partial charge in [0.2, 0.25) is 5.91 Å². The number of ether oxygens (including phenoxy) is 2. The molecule has 23 heavy (non-hydrogen) atoms. The summed E-state index contributed by atoms with van der Waals surface area (Å²) in [5.41, 5.74) is 1.06. The van der Waals surface area contributed by atoms with E-state index in [0.717, 1.165) is 4.90 Å². The van der Waals surface area contributed by atoms with Gasteiger partial charge in [0.15, 0.2) is 0 Å². The Balaban J connectivity index is 2.72. The first kappa shape index (κ1) is 16.5. The monoisotopic (exact) mass is 318 g/mol. The van der Waals surface area contributed by atoms with E-state index in [1.165, 1.54) is 21.1 Å². The average molecular weight is 318 g/mol. The Hall–Kier alpha value is -2.83. The first-order chi connectivity index (χ1) is 10.9. The number of hydrogen-bond acceptors (Lipinski definition) is 5. The zero-order valence-electron chi connectivity index (χ0n) is 13.4. The number of allylic oxidation sites excluding steroid dienone is 1. The summed E-state index contributed by atoms with van der Waals surface area (Å²) < 4.78 is 10.1. The molecule has 1 aromatic rings. The van der Waals surface area contributed by atoms with Crippen molar-refractivity contribution in [3.8, 4) is 5.75 Å². The van der Waals surface area contributed by atoms with Crippen LogP contribution in [0.4, 0.5) is 4.79 Å². The van der Waals surface area contributed by atoms with E-state index >= 15 is 0 Å². The number of para-hydroxylation sites is 1. The number of hydrogen-bond donors (Lipinski definition) is 1. The SMILES string of the molecule is COC(=O)C1=C(C)NC(=O)N(C(C)=O)C1c1ccccc1OC. The normalized spacial score (nSPS) is 17.7. The van der Waals surface area contributed by atoms with Gasteiger partial charge >= 0.3 is 12.0 Å². The van der Waals surface area contributed by atoms with Gasteiger partial charge < -0.3 is 14.8 Å². The fraction of sp³-hybridized carbons (Fsp3) is 0.312. The minimum Gasteiger partial charge on any atom is -0.496 e. The summed E-state index contributed by atoms with van der Waals surface area (Å²) in [5.74, 6) is -0.649. The molecular weight excluding hydrogens is 300 g/mol. The van der Waals surface area contributed by atoms with E-state index in [9.17, 15) is 14.4 Å². The van der Waals surface area contributed by atoms with Crippen LogP contribution in [0, 0.1) is 0 Å². The van der Waals surface area contributed by atoms with Crippen LogP contribution in [0.3, 0.4) is 0 Å². The first-order valence-electron chi connectivity index (χ1n) is 6.95. The molecule has 7 nitrogen and oxygen atoms in total. The van der Waals surface area contributed by atoms with E-state index < -0.39 is 23.9 Å². The fourth-order valence-corrected chi connectivity index (χ4v) is 2.63. The molecule has 1 aromatic carbocycles. The minimum absolute atomic E-state index is 0.187. The van der Waals surface area contributed by atoms with Crippen LogP contribution < -0.4 is 10.1 Å². The molecular formula is C16H18N2O5. The van der Waals surface area contributed by atoms with E-state index in [0.29, 0.717) is 17.0 Å². The number of nitrogens with one attached hydrogen (secondary N) is 1.